The van der Waals surface area contributed by atoms with E-state index in [2.05, 4.69) is 10.4 Å². The molecule has 0 aliphatic rings. The van der Waals surface area contributed by atoms with Crippen molar-refractivity contribution in [2.24, 2.45) is 0 Å². The summed E-state index contributed by atoms with van der Waals surface area (Å²) in [6.45, 7) is 1.80. The van der Waals surface area contributed by atoms with Crippen LogP contribution in [0.5, 0.6) is 0 Å². The second-order valence-electron chi connectivity index (χ2n) is 5.79. The summed E-state index contributed by atoms with van der Waals surface area (Å²) >= 11 is 17.9. The largest absolute Gasteiger partial charge is 0.466 e. The lowest BCUT2D eigenvalue weighted by atomic mass is 10.0. The molecule has 2 heterocycles. The van der Waals surface area contributed by atoms with Crippen molar-refractivity contribution in [1.29, 1.82) is 0 Å². The van der Waals surface area contributed by atoms with Crippen LogP contribution in [-0.4, -0.2) is 21.4 Å². The van der Waals surface area contributed by atoms with Crippen molar-refractivity contribution in [2.75, 3.05) is 11.9 Å². The van der Waals surface area contributed by atoms with Crippen LogP contribution in [-0.2, 0) is 5.60 Å². The predicted octanol–water partition coefficient (Wildman–Crippen LogP) is 4.11. The summed E-state index contributed by atoms with van der Waals surface area (Å²) in [5.74, 6) is 0.435. The Morgan fingerprint density at radius 2 is 2.04 bits per heavy atom. The Balaban J connectivity index is 1.83. The van der Waals surface area contributed by atoms with E-state index in [9.17, 15) is 9.90 Å². The summed E-state index contributed by atoms with van der Waals surface area (Å²) in [4.78, 5) is 12.2. The van der Waals surface area contributed by atoms with Gasteiger partial charge in [-0.15, -0.1) is 0 Å². The molecular weight excluding hydrogens is 401 g/mol. The van der Waals surface area contributed by atoms with Gasteiger partial charge in [-0.25, -0.2) is 0 Å². The number of aromatic nitrogens is 2. The van der Waals surface area contributed by atoms with Crippen LogP contribution in [0, 0.1) is 0 Å². The summed E-state index contributed by atoms with van der Waals surface area (Å²) < 4.78 is 6.34. The van der Waals surface area contributed by atoms with Crippen molar-refractivity contribution in [1.82, 2.24) is 9.78 Å². The predicted molar refractivity (Wildman–Crippen MR) is 102 cm³/mol. The average Bonchev–Trinajstić information content (AvgIpc) is 3.14. The first kappa shape index (κ1) is 18.8. The third kappa shape index (κ3) is 3.73. The highest BCUT2D eigenvalue weighted by molar-refractivity contribution is 6.41. The summed E-state index contributed by atoms with van der Waals surface area (Å²) in [5.41, 5.74) is -0.748. The molecule has 1 atom stereocenters. The molecule has 6 nitrogen and oxygen atoms in total. The number of anilines is 1. The Labute approximate surface area is 163 Å². The Morgan fingerprint density at radius 1 is 1.27 bits per heavy atom. The van der Waals surface area contributed by atoms with Crippen LogP contribution in [0.3, 0.4) is 0 Å². The normalized spacial score (nSPS) is 13.4. The first-order chi connectivity index (χ1) is 12.3. The topological polar surface area (TPSA) is 80.3 Å². The third-order valence-corrected chi connectivity index (χ3v) is 4.81. The molecule has 0 amide bonds. The van der Waals surface area contributed by atoms with E-state index >= 15 is 0 Å². The lowest BCUT2D eigenvalue weighted by molar-refractivity contribution is 0.0476. The molecule has 0 aliphatic heterocycles. The van der Waals surface area contributed by atoms with Crippen LogP contribution in [0.15, 0.2) is 52.0 Å². The monoisotopic (exact) mass is 413 g/mol. The highest BCUT2D eigenvalue weighted by Crippen LogP contribution is 2.27. The molecule has 0 bridgehead atoms. The Hall–Kier alpha value is -1.99. The summed E-state index contributed by atoms with van der Waals surface area (Å²) in [6, 6.07) is 8.27. The maximum atomic E-state index is 12.2. The minimum atomic E-state index is -1.21. The van der Waals surface area contributed by atoms with Gasteiger partial charge in [0, 0.05) is 0 Å². The number of hydrogen-bond acceptors (Lipinski definition) is 5. The number of furan rings is 1. The van der Waals surface area contributed by atoms with Gasteiger partial charge in [0.25, 0.3) is 5.56 Å². The lowest BCUT2D eigenvalue weighted by Gasteiger charge is -2.22. The minimum absolute atomic E-state index is 0.0810. The van der Waals surface area contributed by atoms with E-state index in [1.165, 1.54) is 12.5 Å². The molecule has 2 N–H and O–H groups in total. The molecule has 0 fully saturated rings. The van der Waals surface area contributed by atoms with Crippen LogP contribution < -0.4 is 10.9 Å². The number of halogens is 3. The van der Waals surface area contributed by atoms with Crippen molar-refractivity contribution >= 4 is 40.5 Å². The Kier molecular flexibility index (Phi) is 5.29. The van der Waals surface area contributed by atoms with Crippen molar-refractivity contribution in [3.05, 3.63) is 74.0 Å². The highest BCUT2D eigenvalue weighted by atomic mass is 35.5. The number of hydrogen-bond donors (Lipinski definition) is 2. The van der Waals surface area contributed by atoms with Gasteiger partial charge < -0.3 is 14.8 Å². The fraction of sp³-hybridized carbons (Fsp3) is 0.176. The molecule has 0 radical (unpaired) electrons. The molecule has 0 spiro atoms. The number of nitrogens with zero attached hydrogens (tertiary/aromatic N) is 2. The third-order valence-electron chi connectivity index (χ3n) is 3.75. The van der Waals surface area contributed by atoms with Crippen LogP contribution in [0.4, 0.5) is 5.69 Å². The molecule has 26 heavy (non-hydrogen) atoms. The quantitative estimate of drug-likeness (QED) is 0.657. The number of aliphatic hydroxyl groups is 1. The SMILES string of the molecule is CC(O)(CNc1ccc(-n2ncc(Cl)c(Cl)c2=O)cc1Cl)c1ccco1. The fourth-order valence-electron chi connectivity index (χ4n) is 2.32. The molecular formula is C17H14Cl3N3O3. The molecule has 2 aromatic heterocycles. The second-order valence-corrected chi connectivity index (χ2v) is 6.98. The molecule has 3 rings (SSSR count). The molecule has 3 aromatic rings. The van der Waals surface area contributed by atoms with E-state index in [0.717, 1.165) is 4.68 Å². The van der Waals surface area contributed by atoms with Gasteiger partial charge in [0.05, 0.1) is 40.4 Å². The lowest BCUT2D eigenvalue weighted by Crippen LogP contribution is -2.30. The fourth-order valence-corrected chi connectivity index (χ4v) is 2.81. The van der Waals surface area contributed by atoms with Gasteiger partial charge in [-0.3, -0.25) is 4.79 Å². The van der Waals surface area contributed by atoms with Gasteiger partial charge in [-0.05, 0) is 37.3 Å². The highest BCUT2D eigenvalue weighted by Gasteiger charge is 2.26. The van der Waals surface area contributed by atoms with E-state index in [4.69, 9.17) is 39.2 Å². The van der Waals surface area contributed by atoms with Crippen LogP contribution in [0.1, 0.15) is 12.7 Å². The van der Waals surface area contributed by atoms with E-state index in [-0.39, 0.29) is 16.6 Å². The van der Waals surface area contributed by atoms with Gasteiger partial charge in [-0.2, -0.15) is 9.78 Å². The Morgan fingerprint density at radius 3 is 2.69 bits per heavy atom. The van der Waals surface area contributed by atoms with E-state index in [0.29, 0.717) is 22.2 Å². The first-order valence-electron chi connectivity index (χ1n) is 7.53. The van der Waals surface area contributed by atoms with Gasteiger partial charge in [0.1, 0.15) is 16.4 Å². The maximum Gasteiger partial charge on any atom is 0.291 e. The second kappa shape index (κ2) is 7.32. The zero-order valence-electron chi connectivity index (χ0n) is 13.5. The zero-order valence-corrected chi connectivity index (χ0v) is 15.8. The molecule has 136 valence electrons. The molecule has 9 heteroatoms. The van der Waals surface area contributed by atoms with Crippen molar-refractivity contribution < 1.29 is 9.52 Å². The smallest absolute Gasteiger partial charge is 0.291 e. The summed E-state index contributed by atoms with van der Waals surface area (Å²) in [7, 11) is 0. The van der Waals surface area contributed by atoms with Gasteiger partial charge in [-0.1, -0.05) is 34.8 Å². The number of rotatable bonds is 5. The van der Waals surface area contributed by atoms with Crippen molar-refractivity contribution in [2.45, 2.75) is 12.5 Å². The average molecular weight is 415 g/mol. The minimum Gasteiger partial charge on any atom is -0.466 e. The van der Waals surface area contributed by atoms with E-state index in [1.807, 2.05) is 0 Å². The Bertz CT molecular complexity index is 985. The van der Waals surface area contributed by atoms with Gasteiger partial charge in [0.15, 0.2) is 0 Å². The molecule has 1 aromatic carbocycles. The van der Waals surface area contributed by atoms with Crippen molar-refractivity contribution in [3.8, 4) is 5.69 Å². The van der Waals surface area contributed by atoms with Gasteiger partial charge >= 0.3 is 0 Å². The number of benzene rings is 1. The molecule has 0 saturated heterocycles. The molecule has 0 saturated carbocycles. The van der Waals surface area contributed by atoms with Crippen molar-refractivity contribution in [3.63, 3.8) is 0 Å². The van der Waals surface area contributed by atoms with Gasteiger partial charge in [0.2, 0.25) is 0 Å². The van der Waals surface area contributed by atoms with E-state index in [1.54, 1.807) is 37.3 Å². The summed E-state index contributed by atoms with van der Waals surface area (Å²) in [6.07, 6.45) is 2.78. The standard InChI is InChI=1S/C17H14Cl3N3O3/c1-17(25,14-3-2-6-26-14)9-21-13-5-4-10(7-11(13)18)23-16(24)15(20)12(19)8-22-23/h2-8,21,25H,9H2,1H3. The molecule has 0 aliphatic carbocycles. The van der Waals surface area contributed by atoms with Crippen LogP contribution in [0.2, 0.25) is 15.1 Å². The summed E-state index contributed by atoms with van der Waals surface area (Å²) in [5, 5.41) is 17.8. The number of nitrogens with one attached hydrogen (secondary N) is 1. The van der Waals surface area contributed by atoms with E-state index < -0.39 is 11.2 Å². The van der Waals surface area contributed by atoms with Crippen LogP contribution in [0.25, 0.3) is 5.69 Å². The molecule has 1 unspecified atom stereocenters. The maximum absolute atomic E-state index is 12.2. The zero-order chi connectivity index (χ0) is 18.9. The van der Waals surface area contributed by atoms with Crippen LogP contribution >= 0.6 is 34.8 Å². The first-order valence-corrected chi connectivity index (χ1v) is 8.66.